The number of rotatable bonds is 5. The molecule has 23 heavy (non-hydrogen) atoms. The van der Waals surface area contributed by atoms with Gasteiger partial charge in [-0.25, -0.2) is 9.78 Å². The first-order valence-corrected chi connectivity index (χ1v) is 8.04. The van der Waals surface area contributed by atoms with Gasteiger partial charge in [0.15, 0.2) is 0 Å². The smallest absolute Gasteiger partial charge is 0.335 e. The lowest BCUT2D eigenvalue weighted by Crippen LogP contribution is -1.99. The van der Waals surface area contributed by atoms with Gasteiger partial charge in [0.1, 0.15) is 17.4 Å². The zero-order valence-electron chi connectivity index (χ0n) is 11.9. The van der Waals surface area contributed by atoms with Crippen LogP contribution in [0.4, 0.5) is 0 Å². The minimum atomic E-state index is -0.977. The van der Waals surface area contributed by atoms with Crippen LogP contribution in [0.3, 0.4) is 0 Å². The van der Waals surface area contributed by atoms with Crippen molar-refractivity contribution in [3.05, 3.63) is 69.5 Å². The summed E-state index contributed by atoms with van der Waals surface area (Å²) in [6.07, 6.45) is 0. The fourth-order valence-electron chi connectivity index (χ4n) is 1.99. The molecular weight excluding hydrogens is 334 g/mol. The molecule has 0 saturated heterocycles. The topological polar surface area (TPSA) is 59.4 Å². The summed E-state index contributed by atoms with van der Waals surface area (Å²) in [7, 11) is 0. The number of carboxylic acids is 1. The van der Waals surface area contributed by atoms with Crippen molar-refractivity contribution in [3.63, 3.8) is 0 Å². The first-order valence-electron chi connectivity index (χ1n) is 6.78. The van der Waals surface area contributed by atoms with Gasteiger partial charge in [-0.3, -0.25) is 0 Å². The van der Waals surface area contributed by atoms with E-state index in [1.54, 1.807) is 12.1 Å². The van der Waals surface area contributed by atoms with Gasteiger partial charge >= 0.3 is 5.97 Å². The third kappa shape index (κ3) is 3.88. The Hall–Kier alpha value is -2.37. The summed E-state index contributed by atoms with van der Waals surface area (Å²) in [5.74, 6) is -0.470. The van der Waals surface area contributed by atoms with Crippen molar-refractivity contribution >= 4 is 28.9 Å². The molecule has 0 spiro atoms. The Morgan fingerprint density at radius 1 is 1.22 bits per heavy atom. The maximum Gasteiger partial charge on any atom is 0.335 e. The zero-order chi connectivity index (χ0) is 16.2. The quantitative estimate of drug-likeness (QED) is 0.725. The van der Waals surface area contributed by atoms with E-state index in [-0.39, 0.29) is 5.56 Å². The molecular formula is C17H12ClNO3S. The van der Waals surface area contributed by atoms with E-state index in [9.17, 15) is 4.79 Å². The minimum Gasteiger partial charge on any atom is -0.486 e. The van der Waals surface area contributed by atoms with Crippen molar-refractivity contribution in [1.29, 1.82) is 0 Å². The van der Waals surface area contributed by atoms with Crippen LogP contribution >= 0.6 is 22.9 Å². The average molecular weight is 346 g/mol. The van der Waals surface area contributed by atoms with Gasteiger partial charge in [0.2, 0.25) is 0 Å². The Morgan fingerprint density at radius 2 is 2.00 bits per heavy atom. The molecule has 0 aliphatic carbocycles. The largest absolute Gasteiger partial charge is 0.486 e. The number of thiazole rings is 1. The number of carboxylic acid groups (broad SMARTS) is 1. The number of benzene rings is 2. The predicted molar refractivity (Wildman–Crippen MR) is 90.3 cm³/mol. The van der Waals surface area contributed by atoms with Gasteiger partial charge in [-0.1, -0.05) is 29.8 Å². The van der Waals surface area contributed by atoms with Crippen molar-refractivity contribution in [2.24, 2.45) is 0 Å². The molecule has 0 unspecified atom stereocenters. The van der Waals surface area contributed by atoms with Gasteiger partial charge in [0, 0.05) is 16.0 Å². The first kappa shape index (κ1) is 15.5. The summed E-state index contributed by atoms with van der Waals surface area (Å²) in [5.41, 5.74) is 2.05. The fourth-order valence-corrected chi connectivity index (χ4v) is 2.83. The Balaban J connectivity index is 1.69. The molecule has 0 atom stereocenters. The molecule has 4 nitrogen and oxygen atoms in total. The maximum atomic E-state index is 10.9. The number of carbonyl (C=O) groups is 1. The van der Waals surface area contributed by atoms with E-state index < -0.39 is 5.97 Å². The second-order valence-corrected chi connectivity index (χ2v) is 6.13. The van der Waals surface area contributed by atoms with Crippen molar-refractivity contribution in [2.45, 2.75) is 6.61 Å². The van der Waals surface area contributed by atoms with Crippen LogP contribution in [0.1, 0.15) is 15.4 Å². The number of hydrogen-bond donors (Lipinski definition) is 1. The molecule has 6 heteroatoms. The van der Waals surface area contributed by atoms with Crippen LogP contribution in [0.25, 0.3) is 11.3 Å². The Morgan fingerprint density at radius 3 is 2.74 bits per heavy atom. The highest BCUT2D eigenvalue weighted by atomic mass is 35.5. The number of nitrogens with zero attached hydrogens (tertiary/aromatic N) is 1. The van der Waals surface area contributed by atoms with Crippen LogP contribution < -0.4 is 4.74 Å². The van der Waals surface area contributed by atoms with E-state index in [0.717, 1.165) is 16.3 Å². The summed E-state index contributed by atoms with van der Waals surface area (Å²) >= 11 is 7.37. The number of aromatic carboxylic acids is 1. The number of halogens is 1. The van der Waals surface area contributed by atoms with Crippen LogP contribution in [0.2, 0.25) is 5.02 Å². The predicted octanol–water partition coefficient (Wildman–Crippen LogP) is 4.74. The van der Waals surface area contributed by atoms with Gasteiger partial charge in [-0.15, -0.1) is 11.3 Å². The van der Waals surface area contributed by atoms with Gasteiger partial charge in [-0.05, 0) is 30.3 Å². The normalized spacial score (nSPS) is 10.5. The van der Waals surface area contributed by atoms with Crippen LogP contribution in [0.15, 0.2) is 53.9 Å². The zero-order valence-corrected chi connectivity index (χ0v) is 13.5. The molecule has 0 aliphatic heterocycles. The molecule has 0 bridgehead atoms. The van der Waals surface area contributed by atoms with E-state index in [4.69, 9.17) is 21.4 Å². The lowest BCUT2D eigenvalue weighted by Gasteiger charge is -2.04. The standard InChI is InChI=1S/C17H12ClNO3S/c18-13-6-4-11(5-7-13)15-10-23-16(19-15)9-22-14-3-1-2-12(8-14)17(20)21/h1-8,10H,9H2,(H,20,21). The van der Waals surface area contributed by atoms with Crippen LogP contribution in [0.5, 0.6) is 5.75 Å². The highest BCUT2D eigenvalue weighted by Gasteiger charge is 2.07. The lowest BCUT2D eigenvalue weighted by atomic mass is 10.2. The van der Waals surface area contributed by atoms with Crippen LogP contribution in [-0.2, 0) is 6.61 Å². The Labute approximate surface area is 142 Å². The minimum absolute atomic E-state index is 0.198. The van der Waals surface area contributed by atoms with E-state index in [0.29, 0.717) is 17.4 Å². The second kappa shape index (κ2) is 6.81. The summed E-state index contributed by atoms with van der Waals surface area (Å²) < 4.78 is 5.61. The molecule has 0 amide bonds. The molecule has 0 radical (unpaired) electrons. The van der Waals surface area contributed by atoms with Crippen LogP contribution in [0, 0.1) is 0 Å². The monoisotopic (exact) mass is 345 g/mol. The molecule has 2 aromatic carbocycles. The van der Waals surface area contributed by atoms with E-state index in [1.165, 1.54) is 23.5 Å². The Kier molecular flexibility index (Phi) is 4.60. The van der Waals surface area contributed by atoms with Crippen molar-refractivity contribution in [1.82, 2.24) is 4.98 Å². The Bertz CT molecular complexity index is 830. The summed E-state index contributed by atoms with van der Waals surface area (Å²) in [5, 5.41) is 12.4. The number of aromatic nitrogens is 1. The molecule has 1 aromatic heterocycles. The summed E-state index contributed by atoms with van der Waals surface area (Å²) in [4.78, 5) is 15.5. The van der Waals surface area contributed by atoms with Crippen molar-refractivity contribution in [3.8, 4) is 17.0 Å². The lowest BCUT2D eigenvalue weighted by molar-refractivity contribution is 0.0696. The summed E-state index contributed by atoms with van der Waals surface area (Å²) in [6, 6.07) is 13.9. The molecule has 0 aliphatic rings. The second-order valence-electron chi connectivity index (χ2n) is 4.76. The molecule has 0 saturated carbocycles. The van der Waals surface area contributed by atoms with E-state index >= 15 is 0 Å². The third-order valence-corrected chi connectivity index (χ3v) is 4.21. The third-order valence-electron chi connectivity index (χ3n) is 3.14. The maximum absolute atomic E-state index is 10.9. The van der Waals surface area contributed by atoms with Gasteiger partial charge < -0.3 is 9.84 Å². The van der Waals surface area contributed by atoms with E-state index in [2.05, 4.69) is 4.98 Å². The number of ether oxygens (including phenoxy) is 1. The van der Waals surface area contributed by atoms with Crippen molar-refractivity contribution in [2.75, 3.05) is 0 Å². The van der Waals surface area contributed by atoms with Gasteiger partial charge in [0.25, 0.3) is 0 Å². The SMILES string of the molecule is O=C(O)c1cccc(OCc2nc(-c3ccc(Cl)cc3)cs2)c1. The average Bonchev–Trinajstić information content (AvgIpc) is 3.03. The number of hydrogen-bond acceptors (Lipinski definition) is 4. The highest BCUT2D eigenvalue weighted by molar-refractivity contribution is 7.09. The molecule has 3 rings (SSSR count). The van der Waals surface area contributed by atoms with Crippen LogP contribution in [-0.4, -0.2) is 16.1 Å². The van der Waals surface area contributed by atoms with E-state index in [1.807, 2.05) is 29.6 Å². The fraction of sp³-hybridized carbons (Fsp3) is 0.0588. The molecule has 116 valence electrons. The molecule has 0 fully saturated rings. The first-order chi connectivity index (χ1) is 11.1. The van der Waals surface area contributed by atoms with Gasteiger partial charge in [-0.2, -0.15) is 0 Å². The van der Waals surface area contributed by atoms with Gasteiger partial charge in [0.05, 0.1) is 11.3 Å². The molecule has 1 heterocycles. The molecule has 1 N–H and O–H groups in total. The van der Waals surface area contributed by atoms with Crippen molar-refractivity contribution < 1.29 is 14.6 Å². The highest BCUT2D eigenvalue weighted by Crippen LogP contribution is 2.24. The summed E-state index contributed by atoms with van der Waals surface area (Å²) in [6.45, 7) is 0.293. The molecule has 3 aromatic rings.